The largest absolute Gasteiger partial charge is 0.394 e. The smallest absolute Gasteiger partial charge is 0.187 e. The SMILES string of the molecule is N#CC=C1C=C[C@@H](O)C[C@H]1O[C@@H]1O[C@H](CO)[C@H](O)[C@H](O)[C@H]1O. The second-order valence-electron chi connectivity index (χ2n) is 5.26. The minimum Gasteiger partial charge on any atom is -0.394 e. The first-order chi connectivity index (χ1) is 10.5. The van der Waals surface area contributed by atoms with Crippen LogP contribution in [0.3, 0.4) is 0 Å². The Morgan fingerprint density at radius 1 is 1.27 bits per heavy atom. The lowest BCUT2D eigenvalue weighted by molar-refractivity contribution is -0.309. The Kier molecular flexibility index (Phi) is 5.66. The zero-order chi connectivity index (χ0) is 16.3. The third-order valence-electron chi connectivity index (χ3n) is 3.72. The maximum atomic E-state index is 9.93. The van der Waals surface area contributed by atoms with Gasteiger partial charge in [0, 0.05) is 12.5 Å². The number of nitriles is 1. The van der Waals surface area contributed by atoms with Crippen LogP contribution in [0, 0.1) is 11.3 Å². The highest BCUT2D eigenvalue weighted by atomic mass is 16.7. The van der Waals surface area contributed by atoms with Crippen LogP contribution in [0.15, 0.2) is 23.8 Å². The van der Waals surface area contributed by atoms with Gasteiger partial charge in [-0.15, -0.1) is 0 Å². The van der Waals surface area contributed by atoms with Gasteiger partial charge in [0.2, 0.25) is 0 Å². The predicted octanol–water partition coefficient (Wildman–Crippen LogP) is -2.06. The van der Waals surface area contributed by atoms with Gasteiger partial charge in [0.1, 0.15) is 24.4 Å². The molecule has 0 radical (unpaired) electrons. The Balaban J connectivity index is 2.12. The van der Waals surface area contributed by atoms with Crippen molar-refractivity contribution in [3.05, 3.63) is 23.8 Å². The van der Waals surface area contributed by atoms with Gasteiger partial charge in [-0.05, 0) is 5.57 Å². The van der Waals surface area contributed by atoms with Crippen molar-refractivity contribution in [3.8, 4) is 6.07 Å². The highest BCUT2D eigenvalue weighted by molar-refractivity contribution is 5.32. The van der Waals surface area contributed by atoms with Crippen LogP contribution in [0.25, 0.3) is 0 Å². The van der Waals surface area contributed by atoms with E-state index in [1.165, 1.54) is 18.2 Å². The van der Waals surface area contributed by atoms with Gasteiger partial charge in [0.15, 0.2) is 6.29 Å². The summed E-state index contributed by atoms with van der Waals surface area (Å²) in [5.41, 5.74) is 0.491. The van der Waals surface area contributed by atoms with Crippen molar-refractivity contribution < 1.29 is 35.0 Å². The van der Waals surface area contributed by atoms with E-state index in [9.17, 15) is 20.4 Å². The number of hydrogen-bond donors (Lipinski definition) is 5. The third-order valence-corrected chi connectivity index (χ3v) is 3.72. The van der Waals surface area contributed by atoms with Crippen molar-refractivity contribution in [2.24, 2.45) is 0 Å². The standard InChI is InChI=1S/C14H19NO7/c15-4-3-7-1-2-8(17)5-9(7)21-14-13(20)12(19)11(18)10(6-16)22-14/h1-3,8-14,16-20H,5-6H2/t8-,9-,10-,11+,12+,13-,14-/m1/s1. The number of aliphatic hydroxyl groups is 5. The minimum atomic E-state index is -1.54. The summed E-state index contributed by atoms with van der Waals surface area (Å²) in [6, 6.07) is 1.86. The van der Waals surface area contributed by atoms with E-state index in [1.54, 1.807) is 0 Å². The average molecular weight is 313 g/mol. The molecule has 5 N–H and O–H groups in total. The molecule has 122 valence electrons. The molecule has 2 aliphatic rings. The molecule has 2 rings (SSSR count). The Bertz CT molecular complexity index is 484. The molecule has 1 saturated heterocycles. The van der Waals surface area contributed by atoms with Crippen LogP contribution in [-0.4, -0.2) is 75.1 Å². The van der Waals surface area contributed by atoms with E-state index in [4.69, 9.17) is 19.8 Å². The summed E-state index contributed by atoms with van der Waals surface area (Å²) < 4.78 is 10.8. The molecule has 8 nitrogen and oxygen atoms in total. The summed E-state index contributed by atoms with van der Waals surface area (Å²) in [6.07, 6.45) is -3.96. The predicted molar refractivity (Wildman–Crippen MR) is 72.1 cm³/mol. The van der Waals surface area contributed by atoms with E-state index in [1.807, 2.05) is 6.07 Å². The third kappa shape index (κ3) is 3.53. The maximum absolute atomic E-state index is 9.93. The van der Waals surface area contributed by atoms with Crippen molar-refractivity contribution in [1.82, 2.24) is 0 Å². The summed E-state index contributed by atoms with van der Waals surface area (Å²) in [4.78, 5) is 0. The molecule has 1 fully saturated rings. The fraction of sp³-hybridized carbons (Fsp3) is 0.643. The first kappa shape index (κ1) is 17.1. The lowest BCUT2D eigenvalue weighted by Crippen LogP contribution is -2.59. The number of nitrogens with zero attached hydrogens (tertiary/aromatic N) is 1. The summed E-state index contributed by atoms with van der Waals surface area (Å²) in [6.45, 7) is -0.557. The first-order valence-corrected chi connectivity index (χ1v) is 6.89. The Morgan fingerprint density at radius 3 is 2.64 bits per heavy atom. The van der Waals surface area contributed by atoms with E-state index in [2.05, 4.69) is 0 Å². The van der Waals surface area contributed by atoms with Gasteiger partial charge in [-0.25, -0.2) is 0 Å². The van der Waals surface area contributed by atoms with E-state index in [-0.39, 0.29) is 6.42 Å². The van der Waals surface area contributed by atoms with Crippen LogP contribution >= 0.6 is 0 Å². The van der Waals surface area contributed by atoms with Crippen molar-refractivity contribution in [2.75, 3.05) is 6.61 Å². The molecule has 0 saturated carbocycles. The van der Waals surface area contributed by atoms with Crippen molar-refractivity contribution in [2.45, 2.75) is 49.3 Å². The lowest BCUT2D eigenvalue weighted by atomic mass is 9.95. The van der Waals surface area contributed by atoms with Crippen LogP contribution in [-0.2, 0) is 9.47 Å². The molecule has 0 amide bonds. The number of hydrogen-bond acceptors (Lipinski definition) is 8. The number of aliphatic hydroxyl groups excluding tert-OH is 5. The average Bonchev–Trinajstić information content (AvgIpc) is 2.50. The van der Waals surface area contributed by atoms with Crippen molar-refractivity contribution in [3.63, 3.8) is 0 Å². The number of allylic oxidation sites excluding steroid dienone is 1. The topological polar surface area (TPSA) is 143 Å². The van der Waals surface area contributed by atoms with Gasteiger partial charge in [-0.1, -0.05) is 12.2 Å². The lowest BCUT2D eigenvalue weighted by Gasteiger charge is -2.41. The molecule has 0 bridgehead atoms. The van der Waals surface area contributed by atoms with Gasteiger partial charge >= 0.3 is 0 Å². The van der Waals surface area contributed by atoms with Crippen LogP contribution in [0.5, 0.6) is 0 Å². The number of rotatable bonds is 3. The molecular weight excluding hydrogens is 294 g/mol. The molecule has 0 aromatic heterocycles. The second kappa shape index (κ2) is 7.30. The zero-order valence-corrected chi connectivity index (χ0v) is 11.7. The summed E-state index contributed by atoms with van der Waals surface area (Å²) >= 11 is 0. The van der Waals surface area contributed by atoms with Gasteiger partial charge in [0.05, 0.1) is 24.9 Å². The van der Waals surface area contributed by atoms with Crippen LogP contribution in [0.4, 0.5) is 0 Å². The number of ether oxygens (including phenoxy) is 2. The normalized spacial score (nSPS) is 44.0. The highest BCUT2D eigenvalue weighted by Crippen LogP contribution is 2.28. The molecule has 8 heteroatoms. The van der Waals surface area contributed by atoms with Crippen LogP contribution < -0.4 is 0 Å². The Hall–Kier alpha value is -1.31. The van der Waals surface area contributed by atoms with E-state index < -0.39 is 49.5 Å². The van der Waals surface area contributed by atoms with Gasteiger partial charge in [-0.3, -0.25) is 0 Å². The molecule has 0 aromatic rings. The molecular formula is C14H19NO7. The molecule has 1 aliphatic carbocycles. The van der Waals surface area contributed by atoms with E-state index in [0.29, 0.717) is 5.57 Å². The monoisotopic (exact) mass is 313 g/mol. The molecule has 0 unspecified atom stereocenters. The van der Waals surface area contributed by atoms with Crippen LogP contribution in [0.1, 0.15) is 6.42 Å². The molecule has 7 atom stereocenters. The first-order valence-electron chi connectivity index (χ1n) is 6.89. The van der Waals surface area contributed by atoms with Gasteiger partial charge < -0.3 is 35.0 Å². The van der Waals surface area contributed by atoms with Gasteiger partial charge in [0.25, 0.3) is 0 Å². The zero-order valence-electron chi connectivity index (χ0n) is 11.7. The highest BCUT2D eigenvalue weighted by Gasteiger charge is 2.45. The van der Waals surface area contributed by atoms with E-state index >= 15 is 0 Å². The Morgan fingerprint density at radius 2 is 2.00 bits per heavy atom. The van der Waals surface area contributed by atoms with Crippen LogP contribution in [0.2, 0.25) is 0 Å². The molecule has 0 aromatic carbocycles. The molecule has 0 spiro atoms. The Labute approximate surface area is 127 Å². The summed E-state index contributed by atoms with van der Waals surface area (Å²) in [5, 5.41) is 56.9. The van der Waals surface area contributed by atoms with E-state index in [0.717, 1.165) is 0 Å². The minimum absolute atomic E-state index is 0.152. The molecule has 22 heavy (non-hydrogen) atoms. The molecule has 1 heterocycles. The quantitative estimate of drug-likeness (QED) is 0.374. The van der Waals surface area contributed by atoms with Crippen molar-refractivity contribution in [1.29, 1.82) is 5.26 Å². The fourth-order valence-electron chi connectivity index (χ4n) is 2.45. The second-order valence-corrected chi connectivity index (χ2v) is 5.26. The summed E-state index contributed by atoms with van der Waals surface area (Å²) in [7, 11) is 0. The van der Waals surface area contributed by atoms with Gasteiger partial charge in [-0.2, -0.15) is 5.26 Å². The maximum Gasteiger partial charge on any atom is 0.187 e. The fourth-order valence-corrected chi connectivity index (χ4v) is 2.45. The van der Waals surface area contributed by atoms with Crippen molar-refractivity contribution >= 4 is 0 Å². The molecule has 1 aliphatic heterocycles. The summed E-state index contributed by atoms with van der Waals surface area (Å²) in [5.74, 6) is 0.